The Balaban J connectivity index is 3.14. The molecule has 0 bridgehead atoms. The molecule has 0 spiro atoms. The summed E-state index contributed by atoms with van der Waals surface area (Å²) in [4.78, 5) is 21.1. The van der Waals surface area contributed by atoms with Gasteiger partial charge in [0.1, 0.15) is 0 Å². The molecule has 0 radical (unpaired) electrons. The first-order valence-corrected chi connectivity index (χ1v) is 6.99. The maximum Gasteiger partial charge on any atom is 0.304 e. The summed E-state index contributed by atoms with van der Waals surface area (Å²) in [5.41, 5.74) is 0. The average molecular weight is 249 g/mol. The standard InChI is InChI=1S/C9H15NO3S2/c1-2-3-8(11)10-5-7-15-14-6-4-9(12)13/h2H,1,3-7H2,(H,10,11)(H,12,13). The van der Waals surface area contributed by atoms with Crippen molar-refractivity contribution in [1.82, 2.24) is 5.32 Å². The Labute approximate surface area is 97.3 Å². The summed E-state index contributed by atoms with van der Waals surface area (Å²) in [6.07, 6.45) is 2.08. The number of rotatable bonds is 9. The Bertz CT molecular complexity index is 221. The molecule has 0 aliphatic rings. The third-order valence-electron chi connectivity index (χ3n) is 1.32. The van der Waals surface area contributed by atoms with E-state index in [4.69, 9.17) is 5.11 Å². The van der Waals surface area contributed by atoms with E-state index < -0.39 is 5.97 Å². The molecule has 0 aliphatic carbocycles. The number of aliphatic carboxylic acids is 1. The molecular formula is C9H15NO3S2. The smallest absolute Gasteiger partial charge is 0.304 e. The van der Waals surface area contributed by atoms with E-state index in [1.165, 1.54) is 10.8 Å². The van der Waals surface area contributed by atoms with Gasteiger partial charge in [0.15, 0.2) is 0 Å². The van der Waals surface area contributed by atoms with Gasteiger partial charge in [-0.3, -0.25) is 9.59 Å². The van der Waals surface area contributed by atoms with Gasteiger partial charge in [0.2, 0.25) is 5.91 Å². The number of nitrogens with one attached hydrogen (secondary N) is 1. The highest BCUT2D eigenvalue weighted by Gasteiger charge is 1.98. The van der Waals surface area contributed by atoms with E-state index >= 15 is 0 Å². The Morgan fingerprint density at radius 1 is 1.33 bits per heavy atom. The maximum absolute atomic E-state index is 10.9. The molecule has 0 heterocycles. The topological polar surface area (TPSA) is 66.4 Å². The van der Waals surface area contributed by atoms with Crippen LogP contribution in [0.2, 0.25) is 0 Å². The summed E-state index contributed by atoms with van der Waals surface area (Å²) >= 11 is 0. The number of carboxylic acid groups (broad SMARTS) is 1. The van der Waals surface area contributed by atoms with Gasteiger partial charge >= 0.3 is 5.97 Å². The molecule has 0 saturated carbocycles. The number of carbonyl (C=O) groups is 2. The first-order valence-electron chi connectivity index (χ1n) is 4.50. The summed E-state index contributed by atoms with van der Waals surface area (Å²) < 4.78 is 0. The molecule has 0 unspecified atom stereocenters. The molecular weight excluding hydrogens is 234 g/mol. The quantitative estimate of drug-likeness (QED) is 0.368. The van der Waals surface area contributed by atoms with Gasteiger partial charge < -0.3 is 10.4 Å². The normalized spacial score (nSPS) is 9.60. The number of carboxylic acids is 1. The van der Waals surface area contributed by atoms with Crippen LogP contribution in [0.5, 0.6) is 0 Å². The van der Waals surface area contributed by atoms with Crippen molar-refractivity contribution in [1.29, 1.82) is 0 Å². The summed E-state index contributed by atoms with van der Waals surface area (Å²) in [6, 6.07) is 0. The van der Waals surface area contributed by atoms with Gasteiger partial charge in [-0.05, 0) is 0 Å². The fraction of sp³-hybridized carbons (Fsp3) is 0.556. The van der Waals surface area contributed by atoms with Crippen molar-refractivity contribution >= 4 is 33.5 Å². The van der Waals surface area contributed by atoms with E-state index in [9.17, 15) is 9.59 Å². The minimum atomic E-state index is -0.776. The van der Waals surface area contributed by atoms with Crippen LogP contribution in [0.4, 0.5) is 0 Å². The zero-order valence-electron chi connectivity index (χ0n) is 8.40. The number of hydrogen-bond acceptors (Lipinski definition) is 4. The number of carbonyl (C=O) groups excluding carboxylic acids is 1. The average Bonchev–Trinajstić information content (AvgIpc) is 2.16. The molecule has 2 N–H and O–H groups in total. The molecule has 0 rings (SSSR count). The SMILES string of the molecule is C=CCC(=O)NCCSSCCC(=O)O. The van der Waals surface area contributed by atoms with E-state index in [-0.39, 0.29) is 12.3 Å². The van der Waals surface area contributed by atoms with Crippen molar-refractivity contribution in [2.24, 2.45) is 0 Å². The zero-order chi connectivity index (χ0) is 11.5. The number of amides is 1. The van der Waals surface area contributed by atoms with Gasteiger partial charge in [-0.2, -0.15) is 0 Å². The van der Waals surface area contributed by atoms with E-state index in [0.717, 1.165) is 5.75 Å². The van der Waals surface area contributed by atoms with Crippen molar-refractivity contribution in [3.05, 3.63) is 12.7 Å². The maximum atomic E-state index is 10.9. The Hall–Kier alpha value is -0.620. The first-order chi connectivity index (χ1) is 7.16. The third kappa shape index (κ3) is 11.3. The van der Waals surface area contributed by atoms with Crippen molar-refractivity contribution in [2.45, 2.75) is 12.8 Å². The van der Waals surface area contributed by atoms with Crippen molar-refractivity contribution in [3.8, 4) is 0 Å². The summed E-state index contributed by atoms with van der Waals surface area (Å²) in [6.45, 7) is 4.07. The highest BCUT2D eigenvalue weighted by atomic mass is 33.1. The first kappa shape index (κ1) is 14.4. The van der Waals surface area contributed by atoms with E-state index in [2.05, 4.69) is 11.9 Å². The Kier molecular flexibility index (Phi) is 9.51. The second kappa shape index (κ2) is 9.92. The van der Waals surface area contributed by atoms with Crippen molar-refractivity contribution in [3.63, 3.8) is 0 Å². The third-order valence-corrected chi connectivity index (χ3v) is 3.73. The molecule has 1 amide bonds. The number of hydrogen-bond donors (Lipinski definition) is 2. The van der Waals surface area contributed by atoms with Crippen LogP contribution in [0.1, 0.15) is 12.8 Å². The summed E-state index contributed by atoms with van der Waals surface area (Å²) in [5, 5.41) is 11.1. The minimum absolute atomic E-state index is 0.0267. The second-order valence-electron chi connectivity index (χ2n) is 2.63. The Morgan fingerprint density at radius 3 is 2.60 bits per heavy atom. The minimum Gasteiger partial charge on any atom is -0.481 e. The lowest BCUT2D eigenvalue weighted by atomic mass is 10.4. The molecule has 6 heteroatoms. The van der Waals surface area contributed by atoms with E-state index in [0.29, 0.717) is 18.7 Å². The molecule has 0 aromatic heterocycles. The molecule has 4 nitrogen and oxygen atoms in total. The molecule has 0 saturated heterocycles. The van der Waals surface area contributed by atoms with Gasteiger partial charge in [-0.25, -0.2) is 0 Å². The second-order valence-corrected chi connectivity index (χ2v) is 5.33. The van der Waals surface area contributed by atoms with Crippen LogP contribution in [0, 0.1) is 0 Å². The summed E-state index contributed by atoms with van der Waals surface area (Å²) in [7, 11) is 3.08. The van der Waals surface area contributed by atoms with Crippen molar-refractivity contribution in [2.75, 3.05) is 18.1 Å². The predicted octanol–water partition coefficient (Wildman–Crippen LogP) is 1.53. The fourth-order valence-corrected chi connectivity index (χ4v) is 2.57. The molecule has 0 aromatic carbocycles. The van der Waals surface area contributed by atoms with Crippen LogP contribution in [0.3, 0.4) is 0 Å². The highest BCUT2D eigenvalue weighted by molar-refractivity contribution is 8.76. The summed E-state index contributed by atoms with van der Waals surface area (Å²) in [5.74, 6) is 0.580. The molecule has 0 aliphatic heterocycles. The molecule has 86 valence electrons. The fourth-order valence-electron chi connectivity index (χ4n) is 0.682. The largest absolute Gasteiger partial charge is 0.481 e. The lowest BCUT2D eigenvalue weighted by Gasteiger charge is -2.02. The lowest BCUT2D eigenvalue weighted by molar-refractivity contribution is -0.136. The molecule has 0 fully saturated rings. The Morgan fingerprint density at radius 2 is 2.00 bits per heavy atom. The van der Waals surface area contributed by atoms with Gasteiger partial charge in [0.25, 0.3) is 0 Å². The van der Waals surface area contributed by atoms with Crippen LogP contribution in [0.25, 0.3) is 0 Å². The van der Waals surface area contributed by atoms with Gasteiger partial charge in [0, 0.05) is 24.5 Å². The van der Waals surface area contributed by atoms with Crippen molar-refractivity contribution < 1.29 is 14.7 Å². The highest BCUT2D eigenvalue weighted by Crippen LogP contribution is 2.20. The van der Waals surface area contributed by atoms with Crippen LogP contribution < -0.4 is 5.32 Å². The van der Waals surface area contributed by atoms with E-state index in [1.807, 2.05) is 0 Å². The van der Waals surface area contributed by atoms with Gasteiger partial charge in [-0.1, -0.05) is 27.7 Å². The van der Waals surface area contributed by atoms with Crippen LogP contribution in [-0.4, -0.2) is 35.0 Å². The molecule has 0 atom stereocenters. The molecule has 0 aromatic rings. The van der Waals surface area contributed by atoms with Gasteiger partial charge in [0.05, 0.1) is 6.42 Å². The lowest BCUT2D eigenvalue weighted by Crippen LogP contribution is -2.24. The van der Waals surface area contributed by atoms with Crippen LogP contribution in [0.15, 0.2) is 12.7 Å². The van der Waals surface area contributed by atoms with E-state index in [1.54, 1.807) is 16.9 Å². The monoisotopic (exact) mass is 249 g/mol. The zero-order valence-corrected chi connectivity index (χ0v) is 10.0. The van der Waals surface area contributed by atoms with Crippen LogP contribution >= 0.6 is 21.6 Å². The predicted molar refractivity (Wildman–Crippen MR) is 65.0 cm³/mol. The van der Waals surface area contributed by atoms with Gasteiger partial charge in [-0.15, -0.1) is 6.58 Å². The van der Waals surface area contributed by atoms with Crippen LogP contribution in [-0.2, 0) is 9.59 Å². The molecule has 15 heavy (non-hydrogen) atoms.